The van der Waals surface area contributed by atoms with Crippen LogP contribution in [0.5, 0.6) is 0 Å². The van der Waals surface area contributed by atoms with E-state index in [0.717, 1.165) is 5.56 Å². The first kappa shape index (κ1) is 12.2. The molecular weight excluding hydrogens is 186 g/mol. The summed E-state index contributed by atoms with van der Waals surface area (Å²) in [5, 5.41) is 0. The van der Waals surface area contributed by atoms with Gasteiger partial charge in [-0.05, 0) is 16.5 Å². The second kappa shape index (κ2) is 4.77. The molecule has 0 radical (unpaired) electrons. The third-order valence-corrected chi connectivity index (χ3v) is 2.55. The van der Waals surface area contributed by atoms with Crippen molar-refractivity contribution in [1.29, 1.82) is 0 Å². The Bertz CT molecular complexity index is 297. The number of nitrogens with two attached hydrogens (primary N) is 1. The van der Waals surface area contributed by atoms with Crippen molar-refractivity contribution in [1.82, 2.24) is 0 Å². The molecule has 1 aromatic rings. The highest BCUT2D eigenvalue weighted by Crippen LogP contribution is 2.23. The minimum absolute atomic E-state index is 0.0241. The number of benzene rings is 1. The molecule has 0 aliphatic carbocycles. The molecule has 1 aromatic carbocycles. The van der Waals surface area contributed by atoms with Gasteiger partial charge in [-0.1, -0.05) is 45.0 Å². The quantitative estimate of drug-likeness (QED) is 0.827. The van der Waals surface area contributed by atoms with E-state index in [1.807, 2.05) is 0 Å². The molecular formula is C13H21NO. The van der Waals surface area contributed by atoms with Crippen molar-refractivity contribution >= 4 is 0 Å². The van der Waals surface area contributed by atoms with Crippen LogP contribution in [0, 0.1) is 0 Å². The Morgan fingerprint density at radius 1 is 1.20 bits per heavy atom. The van der Waals surface area contributed by atoms with Gasteiger partial charge in [0.25, 0.3) is 0 Å². The van der Waals surface area contributed by atoms with E-state index in [-0.39, 0.29) is 11.5 Å². The summed E-state index contributed by atoms with van der Waals surface area (Å²) < 4.78 is 5.03. The normalized spacial score (nSPS) is 13.9. The highest BCUT2D eigenvalue weighted by Gasteiger charge is 2.13. The molecule has 2 nitrogen and oxygen atoms in total. The number of ether oxygens (including phenoxy) is 1. The van der Waals surface area contributed by atoms with E-state index < -0.39 is 0 Å². The minimum atomic E-state index is -0.0241. The summed E-state index contributed by atoms with van der Waals surface area (Å²) in [5.41, 5.74) is 8.60. The lowest BCUT2D eigenvalue weighted by molar-refractivity contribution is 0.181. The Balaban J connectivity index is 2.81. The summed E-state index contributed by atoms with van der Waals surface area (Å²) in [6.45, 7) is 7.18. The average molecular weight is 207 g/mol. The second-order valence-electron chi connectivity index (χ2n) is 4.93. The topological polar surface area (TPSA) is 35.2 Å². The zero-order valence-electron chi connectivity index (χ0n) is 10.1. The van der Waals surface area contributed by atoms with Gasteiger partial charge >= 0.3 is 0 Å². The van der Waals surface area contributed by atoms with Crippen molar-refractivity contribution in [2.24, 2.45) is 5.73 Å². The molecule has 0 amide bonds. The van der Waals surface area contributed by atoms with E-state index in [2.05, 4.69) is 45.0 Å². The predicted octanol–water partition coefficient (Wildman–Crippen LogP) is 2.63. The molecule has 84 valence electrons. The highest BCUT2D eigenvalue weighted by molar-refractivity contribution is 5.29. The van der Waals surface area contributed by atoms with E-state index in [0.29, 0.717) is 6.61 Å². The van der Waals surface area contributed by atoms with Crippen LogP contribution in [-0.4, -0.2) is 13.7 Å². The van der Waals surface area contributed by atoms with Crippen molar-refractivity contribution in [3.8, 4) is 0 Å². The van der Waals surface area contributed by atoms with E-state index in [1.165, 1.54) is 5.56 Å². The Hall–Kier alpha value is -0.860. The largest absolute Gasteiger partial charge is 0.383 e. The lowest BCUT2D eigenvalue weighted by Gasteiger charge is -2.20. The molecule has 0 aromatic heterocycles. The Kier molecular flexibility index (Phi) is 3.89. The van der Waals surface area contributed by atoms with Crippen LogP contribution in [0.3, 0.4) is 0 Å². The van der Waals surface area contributed by atoms with Crippen LogP contribution < -0.4 is 5.73 Å². The minimum Gasteiger partial charge on any atom is -0.383 e. The van der Waals surface area contributed by atoms with Gasteiger partial charge in [-0.25, -0.2) is 0 Å². The third-order valence-electron chi connectivity index (χ3n) is 2.55. The van der Waals surface area contributed by atoms with Gasteiger partial charge in [0.05, 0.1) is 12.6 Å². The van der Waals surface area contributed by atoms with Crippen LogP contribution in [0.4, 0.5) is 0 Å². The van der Waals surface area contributed by atoms with Crippen molar-refractivity contribution in [2.45, 2.75) is 32.2 Å². The molecule has 0 aliphatic heterocycles. The van der Waals surface area contributed by atoms with Gasteiger partial charge in [0.15, 0.2) is 0 Å². The van der Waals surface area contributed by atoms with E-state index in [4.69, 9.17) is 10.5 Å². The first-order chi connectivity index (χ1) is 6.95. The van der Waals surface area contributed by atoms with Crippen LogP contribution in [0.15, 0.2) is 24.3 Å². The molecule has 15 heavy (non-hydrogen) atoms. The predicted molar refractivity (Wildman–Crippen MR) is 63.9 cm³/mol. The zero-order valence-corrected chi connectivity index (χ0v) is 10.1. The van der Waals surface area contributed by atoms with Crippen LogP contribution in [0.1, 0.15) is 37.9 Å². The summed E-state index contributed by atoms with van der Waals surface area (Å²) in [6, 6.07) is 8.44. The fourth-order valence-corrected chi connectivity index (χ4v) is 1.51. The first-order valence-electron chi connectivity index (χ1n) is 5.30. The summed E-state index contributed by atoms with van der Waals surface area (Å²) in [6.07, 6.45) is 0. The smallest absolute Gasteiger partial charge is 0.0655 e. The van der Waals surface area contributed by atoms with Crippen LogP contribution in [0.25, 0.3) is 0 Å². The number of hydrogen-bond acceptors (Lipinski definition) is 2. The molecule has 2 N–H and O–H groups in total. The lowest BCUT2D eigenvalue weighted by Crippen LogP contribution is -2.17. The maximum absolute atomic E-state index is 5.94. The van der Waals surface area contributed by atoms with Crippen LogP contribution >= 0.6 is 0 Å². The van der Waals surface area contributed by atoms with Gasteiger partial charge in [0, 0.05) is 7.11 Å². The van der Waals surface area contributed by atoms with Gasteiger partial charge in [-0.2, -0.15) is 0 Å². The van der Waals surface area contributed by atoms with Crippen molar-refractivity contribution in [3.05, 3.63) is 35.4 Å². The van der Waals surface area contributed by atoms with Crippen LogP contribution in [-0.2, 0) is 10.2 Å². The average Bonchev–Trinajstić information content (AvgIpc) is 2.17. The van der Waals surface area contributed by atoms with Gasteiger partial charge in [-0.3, -0.25) is 0 Å². The molecule has 0 unspecified atom stereocenters. The summed E-state index contributed by atoms with van der Waals surface area (Å²) in [5.74, 6) is 0. The first-order valence-corrected chi connectivity index (χ1v) is 5.30. The SMILES string of the molecule is COC[C@@H](N)c1ccc(C(C)(C)C)cc1. The zero-order chi connectivity index (χ0) is 11.5. The fourth-order valence-electron chi connectivity index (χ4n) is 1.51. The molecule has 0 saturated heterocycles. The fraction of sp³-hybridized carbons (Fsp3) is 0.538. The summed E-state index contributed by atoms with van der Waals surface area (Å²) >= 11 is 0. The van der Waals surface area contributed by atoms with Gasteiger partial charge < -0.3 is 10.5 Å². The maximum atomic E-state index is 5.94. The van der Waals surface area contributed by atoms with Crippen LogP contribution in [0.2, 0.25) is 0 Å². The summed E-state index contributed by atoms with van der Waals surface area (Å²) in [4.78, 5) is 0. The van der Waals surface area contributed by atoms with Gasteiger partial charge in [-0.15, -0.1) is 0 Å². The van der Waals surface area contributed by atoms with E-state index in [9.17, 15) is 0 Å². The molecule has 1 rings (SSSR count). The molecule has 0 bridgehead atoms. The van der Waals surface area contributed by atoms with Gasteiger partial charge in [0.2, 0.25) is 0 Å². The van der Waals surface area contributed by atoms with Crippen molar-refractivity contribution in [2.75, 3.05) is 13.7 Å². The van der Waals surface area contributed by atoms with E-state index in [1.54, 1.807) is 7.11 Å². The number of hydrogen-bond donors (Lipinski definition) is 1. The lowest BCUT2D eigenvalue weighted by atomic mass is 9.86. The molecule has 0 fully saturated rings. The Morgan fingerprint density at radius 3 is 2.13 bits per heavy atom. The summed E-state index contributed by atoms with van der Waals surface area (Å²) in [7, 11) is 1.67. The highest BCUT2D eigenvalue weighted by atomic mass is 16.5. The Labute approximate surface area is 92.4 Å². The molecule has 0 aliphatic rings. The maximum Gasteiger partial charge on any atom is 0.0655 e. The number of methoxy groups -OCH3 is 1. The molecule has 0 heterocycles. The molecule has 0 spiro atoms. The Morgan fingerprint density at radius 2 is 1.73 bits per heavy atom. The molecule has 1 atom stereocenters. The molecule has 2 heteroatoms. The van der Waals surface area contributed by atoms with Crippen molar-refractivity contribution < 1.29 is 4.74 Å². The standard InChI is InChI=1S/C13H21NO/c1-13(2,3)11-7-5-10(6-8-11)12(14)9-15-4/h5-8,12H,9,14H2,1-4H3/t12-/m1/s1. The monoisotopic (exact) mass is 207 g/mol. The third kappa shape index (κ3) is 3.33. The molecule has 0 saturated carbocycles. The van der Waals surface area contributed by atoms with Gasteiger partial charge in [0.1, 0.15) is 0 Å². The number of rotatable bonds is 3. The van der Waals surface area contributed by atoms with Crippen molar-refractivity contribution in [3.63, 3.8) is 0 Å². The van der Waals surface area contributed by atoms with E-state index >= 15 is 0 Å². The second-order valence-corrected chi connectivity index (χ2v) is 4.93.